The molecule has 1 unspecified atom stereocenters. The average Bonchev–Trinajstić information content (AvgIpc) is 3.40. The first-order chi connectivity index (χ1) is 18.7. The quantitative estimate of drug-likeness (QED) is 0.542. The predicted molar refractivity (Wildman–Crippen MR) is 144 cm³/mol. The van der Waals surface area contributed by atoms with Gasteiger partial charge in [-0.15, -0.1) is 0 Å². The van der Waals surface area contributed by atoms with Crippen LogP contribution in [-0.4, -0.2) is 59.6 Å². The summed E-state index contributed by atoms with van der Waals surface area (Å²) in [6.07, 6.45) is 16.3. The summed E-state index contributed by atoms with van der Waals surface area (Å²) in [5.41, 5.74) is 4.10. The van der Waals surface area contributed by atoms with Gasteiger partial charge in [-0.3, -0.25) is 9.69 Å². The van der Waals surface area contributed by atoms with E-state index in [9.17, 15) is 4.79 Å². The molecule has 2 aromatic rings. The SMILES string of the molecule is Cc1oncc1C(=O)N1c2ccccc2CCC1CN1CCN(C2=COC(CC3=CC=CCC3)=CO2)CC1. The van der Waals surface area contributed by atoms with Gasteiger partial charge < -0.3 is 23.8 Å². The Balaban J connectivity index is 1.07. The molecule has 0 bridgehead atoms. The van der Waals surface area contributed by atoms with Crippen LogP contribution in [0.1, 0.15) is 47.4 Å². The van der Waals surface area contributed by atoms with E-state index in [4.69, 9.17) is 14.0 Å². The smallest absolute Gasteiger partial charge is 0.263 e. The molecule has 1 aromatic heterocycles. The molecule has 6 rings (SSSR count). The van der Waals surface area contributed by atoms with Gasteiger partial charge in [0.15, 0.2) is 6.26 Å². The summed E-state index contributed by atoms with van der Waals surface area (Å²) in [4.78, 5) is 20.3. The zero-order valence-corrected chi connectivity index (χ0v) is 21.8. The van der Waals surface area contributed by atoms with Gasteiger partial charge in [0.1, 0.15) is 23.3 Å². The van der Waals surface area contributed by atoms with Gasteiger partial charge in [0.25, 0.3) is 5.91 Å². The Morgan fingerprint density at radius 2 is 1.95 bits per heavy atom. The minimum atomic E-state index is -0.0416. The number of allylic oxidation sites excluding steroid dienone is 4. The Kier molecular flexibility index (Phi) is 7.05. The van der Waals surface area contributed by atoms with E-state index in [-0.39, 0.29) is 11.9 Å². The molecule has 1 aliphatic carbocycles. The number of hydrogen-bond donors (Lipinski definition) is 0. The Bertz CT molecular complexity index is 1300. The maximum atomic E-state index is 13.7. The molecular formula is C30H34N4O4. The topological polar surface area (TPSA) is 71.3 Å². The summed E-state index contributed by atoms with van der Waals surface area (Å²) in [7, 11) is 0. The van der Waals surface area contributed by atoms with Gasteiger partial charge in [0, 0.05) is 44.8 Å². The van der Waals surface area contributed by atoms with Crippen molar-refractivity contribution in [2.45, 2.75) is 45.1 Å². The molecule has 1 aromatic carbocycles. The van der Waals surface area contributed by atoms with Crippen LogP contribution >= 0.6 is 0 Å². The van der Waals surface area contributed by atoms with E-state index in [1.54, 1.807) is 19.4 Å². The largest absolute Gasteiger partial charge is 0.460 e. The molecule has 1 fully saturated rings. The van der Waals surface area contributed by atoms with Crippen molar-refractivity contribution in [1.29, 1.82) is 0 Å². The fraction of sp³-hybridized carbons (Fsp3) is 0.400. The summed E-state index contributed by atoms with van der Waals surface area (Å²) in [6.45, 7) is 6.08. The second-order valence-corrected chi connectivity index (χ2v) is 10.3. The van der Waals surface area contributed by atoms with Crippen molar-refractivity contribution < 1.29 is 18.8 Å². The highest BCUT2D eigenvalue weighted by Crippen LogP contribution is 2.33. The summed E-state index contributed by atoms with van der Waals surface area (Å²) in [6, 6.07) is 8.30. The van der Waals surface area contributed by atoms with Gasteiger partial charge in [-0.2, -0.15) is 0 Å². The van der Waals surface area contributed by atoms with Gasteiger partial charge in [-0.1, -0.05) is 47.2 Å². The molecule has 8 heteroatoms. The molecule has 0 N–H and O–H groups in total. The van der Waals surface area contributed by atoms with E-state index < -0.39 is 0 Å². The third-order valence-electron chi connectivity index (χ3n) is 7.84. The lowest BCUT2D eigenvalue weighted by atomic mass is 9.94. The standard InChI is InChI=1S/C30H34N4O4/c1-22-27(18-31-38-22)30(35)34-25(12-11-24-9-5-6-10-28(24)34)19-32-13-15-33(16-14-32)29-21-36-26(20-37-29)17-23-7-3-2-4-8-23/h2-3,5-7,9-10,18,20-21,25H,4,8,11-17,19H2,1H3. The molecular weight excluding hydrogens is 480 g/mol. The van der Waals surface area contributed by atoms with Gasteiger partial charge in [-0.05, 0) is 44.2 Å². The number of piperazine rings is 1. The van der Waals surface area contributed by atoms with Crippen molar-refractivity contribution in [3.8, 4) is 0 Å². The van der Waals surface area contributed by atoms with E-state index in [0.29, 0.717) is 11.3 Å². The van der Waals surface area contributed by atoms with Crippen LogP contribution in [0, 0.1) is 6.92 Å². The van der Waals surface area contributed by atoms with E-state index in [1.165, 1.54) is 17.3 Å². The first kappa shape index (κ1) is 24.6. The van der Waals surface area contributed by atoms with E-state index in [2.05, 4.69) is 45.3 Å². The number of anilines is 1. The summed E-state index contributed by atoms with van der Waals surface area (Å²) in [5.74, 6) is 2.12. The molecule has 0 spiro atoms. The number of aromatic nitrogens is 1. The molecule has 1 atom stereocenters. The molecule has 3 aliphatic heterocycles. The number of amides is 1. The van der Waals surface area contributed by atoms with Crippen molar-refractivity contribution >= 4 is 11.6 Å². The van der Waals surface area contributed by atoms with Gasteiger partial charge >= 0.3 is 0 Å². The van der Waals surface area contributed by atoms with E-state index in [0.717, 1.165) is 82.2 Å². The fourth-order valence-electron chi connectivity index (χ4n) is 5.70. The number of benzene rings is 1. The predicted octanol–water partition coefficient (Wildman–Crippen LogP) is 4.92. The summed E-state index contributed by atoms with van der Waals surface area (Å²) < 4.78 is 17.1. The Morgan fingerprint density at radius 1 is 1.08 bits per heavy atom. The highest BCUT2D eigenvalue weighted by Gasteiger charge is 2.35. The number of carbonyl (C=O) groups is 1. The molecule has 1 saturated heterocycles. The van der Waals surface area contributed by atoms with Crippen LogP contribution in [0.25, 0.3) is 0 Å². The molecule has 198 valence electrons. The lowest BCUT2D eigenvalue weighted by molar-refractivity contribution is 0.0777. The number of ether oxygens (including phenoxy) is 2. The minimum Gasteiger partial charge on any atom is -0.460 e. The van der Waals surface area contributed by atoms with Crippen LogP contribution < -0.4 is 4.90 Å². The van der Waals surface area contributed by atoms with Gasteiger partial charge in [0.05, 0.1) is 12.2 Å². The summed E-state index contributed by atoms with van der Waals surface area (Å²) in [5, 5.41) is 3.85. The van der Waals surface area contributed by atoms with Crippen LogP contribution in [0.3, 0.4) is 0 Å². The van der Waals surface area contributed by atoms with Gasteiger partial charge in [-0.25, -0.2) is 0 Å². The number of para-hydroxylation sites is 1. The minimum absolute atomic E-state index is 0.0416. The number of fused-ring (bicyclic) bond motifs is 1. The maximum absolute atomic E-state index is 13.7. The van der Waals surface area contributed by atoms with Crippen LogP contribution in [0.2, 0.25) is 0 Å². The number of aryl methyl sites for hydroxylation is 2. The second-order valence-electron chi connectivity index (χ2n) is 10.3. The van der Waals surface area contributed by atoms with Gasteiger partial charge in [0.2, 0.25) is 5.88 Å². The molecule has 4 aliphatic rings. The number of carbonyl (C=O) groups excluding carboxylic acids is 1. The Labute approximate surface area is 223 Å². The maximum Gasteiger partial charge on any atom is 0.263 e. The highest BCUT2D eigenvalue weighted by molar-refractivity contribution is 6.07. The fourth-order valence-corrected chi connectivity index (χ4v) is 5.70. The third kappa shape index (κ3) is 5.13. The molecule has 1 amide bonds. The number of nitrogens with zero attached hydrogens (tertiary/aromatic N) is 4. The Morgan fingerprint density at radius 3 is 2.68 bits per heavy atom. The van der Waals surface area contributed by atoms with Crippen LogP contribution in [0.5, 0.6) is 0 Å². The monoisotopic (exact) mass is 514 g/mol. The van der Waals surface area contributed by atoms with Crippen molar-refractivity contribution in [2.75, 3.05) is 37.6 Å². The van der Waals surface area contributed by atoms with Crippen molar-refractivity contribution in [3.63, 3.8) is 0 Å². The highest BCUT2D eigenvalue weighted by atomic mass is 16.6. The van der Waals surface area contributed by atoms with Crippen molar-refractivity contribution in [1.82, 2.24) is 15.0 Å². The average molecular weight is 515 g/mol. The van der Waals surface area contributed by atoms with Crippen LogP contribution in [0.15, 0.2) is 83.0 Å². The van der Waals surface area contributed by atoms with E-state index in [1.807, 2.05) is 17.0 Å². The molecule has 4 heterocycles. The first-order valence-corrected chi connectivity index (χ1v) is 13.5. The summed E-state index contributed by atoms with van der Waals surface area (Å²) >= 11 is 0. The first-order valence-electron chi connectivity index (χ1n) is 13.5. The van der Waals surface area contributed by atoms with Crippen molar-refractivity contribution in [3.05, 3.63) is 95.3 Å². The molecule has 0 saturated carbocycles. The molecule has 0 radical (unpaired) electrons. The molecule has 38 heavy (non-hydrogen) atoms. The van der Waals surface area contributed by atoms with Crippen LogP contribution in [0.4, 0.5) is 5.69 Å². The molecule has 8 nitrogen and oxygen atoms in total. The van der Waals surface area contributed by atoms with E-state index >= 15 is 0 Å². The van der Waals surface area contributed by atoms with Crippen LogP contribution in [-0.2, 0) is 15.9 Å². The number of rotatable bonds is 6. The second kappa shape index (κ2) is 10.9. The number of hydrogen-bond acceptors (Lipinski definition) is 7. The Hall–Kier alpha value is -3.78. The lowest BCUT2D eigenvalue weighted by Crippen LogP contribution is -2.54. The third-order valence-corrected chi connectivity index (χ3v) is 7.84. The lowest BCUT2D eigenvalue weighted by Gasteiger charge is -2.42. The van der Waals surface area contributed by atoms with Crippen molar-refractivity contribution in [2.24, 2.45) is 0 Å². The zero-order valence-electron chi connectivity index (χ0n) is 21.8. The zero-order chi connectivity index (χ0) is 25.9. The normalized spacial score (nSPS) is 21.6.